The van der Waals surface area contributed by atoms with Gasteiger partial charge in [0.2, 0.25) is 15.9 Å². The van der Waals surface area contributed by atoms with E-state index in [1.165, 1.54) is 6.07 Å². The molecule has 4 N–H and O–H groups in total. The van der Waals surface area contributed by atoms with Crippen LogP contribution in [-0.2, 0) is 10.0 Å². The van der Waals surface area contributed by atoms with Crippen LogP contribution in [0.15, 0.2) is 31.6 Å². The fraction of sp³-hybridized carbons (Fsp3) is 0.200. The van der Waals surface area contributed by atoms with E-state index < -0.39 is 10.0 Å². The Morgan fingerprint density at radius 1 is 1.26 bits per heavy atom. The molecule has 1 aromatic carbocycles. The topological polar surface area (TPSA) is 125 Å². The SMILES string of the molecule is Cc1nnc(Sc2cc(N)cc(S(N)(=O)=O)c2C)o1. The highest BCUT2D eigenvalue weighted by Crippen LogP contribution is 2.33. The Morgan fingerprint density at radius 2 is 1.95 bits per heavy atom. The third-order valence-electron chi connectivity index (χ3n) is 2.35. The molecule has 2 aromatic rings. The fourth-order valence-electron chi connectivity index (χ4n) is 1.50. The van der Waals surface area contributed by atoms with Crippen molar-refractivity contribution in [2.45, 2.75) is 28.9 Å². The Morgan fingerprint density at radius 3 is 2.47 bits per heavy atom. The summed E-state index contributed by atoms with van der Waals surface area (Å²) in [6, 6.07) is 2.96. The lowest BCUT2D eigenvalue weighted by Gasteiger charge is -2.09. The van der Waals surface area contributed by atoms with Gasteiger partial charge < -0.3 is 10.2 Å². The predicted molar refractivity (Wildman–Crippen MR) is 70.1 cm³/mol. The Balaban J connectivity index is 2.49. The van der Waals surface area contributed by atoms with Crippen LogP contribution in [0.2, 0.25) is 0 Å². The van der Waals surface area contributed by atoms with Crippen LogP contribution < -0.4 is 10.9 Å². The normalized spacial score (nSPS) is 11.7. The van der Waals surface area contributed by atoms with Crippen LogP contribution in [0.4, 0.5) is 5.69 Å². The standard InChI is InChI=1S/C10H12N4O3S2/c1-5-8(18-10-14-13-6(2)17-10)3-7(11)4-9(5)19(12,15)16/h3-4H,11H2,1-2H3,(H2,12,15,16). The number of hydrogen-bond donors (Lipinski definition) is 2. The van der Waals surface area contributed by atoms with Crippen molar-refractivity contribution in [3.63, 3.8) is 0 Å². The van der Waals surface area contributed by atoms with Crippen LogP contribution in [0.25, 0.3) is 0 Å². The van der Waals surface area contributed by atoms with E-state index in [0.29, 0.717) is 27.3 Å². The number of nitrogens with zero attached hydrogens (tertiary/aromatic N) is 2. The van der Waals surface area contributed by atoms with E-state index in [2.05, 4.69) is 10.2 Å². The van der Waals surface area contributed by atoms with Gasteiger partial charge in [-0.1, -0.05) is 0 Å². The van der Waals surface area contributed by atoms with Gasteiger partial charge in [0.1, 0.15) is 0 Å². The molecule has 0 radical (unpaired) electrons. The largest absolute Gasteiger partial charge is 0.416 e. The van der Waals surface area contributed by atoms with Crippen LogP contribution >= 0.6 is 11.8 Å². The zero-order valence-electron chi connectivity index (χ0n) is 10.2. The van der Waals surface area contributed by atoms with Gasteiger partial charge >= 0.3 is 0 Å². The van der Waals surface area contributed by atoms with E-state index in [0.717, 1.165) is 11.8 Å². The summed E-state index contributed by atoms with van der Waals surface area (Å²) in [4.78, 5) is 0.596. The van der Waals surface area contributed by atoms with Crippen molar-refractivity contribution >= 4 is 27.5 Å². The highest BCUT2D eigenvalue weighted by atomic mass is 32.2. The van der Waals surface area contributed by atoms with Crippen LogP contribution in [0.5, 0.6) is 0 Å². The van der Waals surface area contributed by atoms with Crippen LogP contribution in [0, 0.1) is 13.8 Å². The summed E-state index contributed by atoms with van der Waals surface area (Å²) in [5.74, 6) is 0.427. The smallest absolute Gasteiger partial charge is 0.281 e. The van der Waals surface area contributed by atoms with Gasteiger partial charge in [0.05, 0.1) is 4.90 Å². The van der Waals surface area contributed by atoms with E-state index in [1.54, 1.807) is 19.9 Å². The number of aromatic nitrogens is 2. The van der Waals surface area contributed by atoms with Crippen molar-refractivity contribution in [2.75, 3.05) is 5.73 Å². The highest BCUT2D eigenvalue weighted by Gasteiger charge is 2.17. The maximum atomic E-state index is 11.5. The number of primary sulfonamides is 1. The van der Waals surface area contributed by atoms with Gasteiger partial charge in [0.15, 0.2) is 0 Å². The maximum Gasteiger partial charge on any atom is 0.281 e. The number of aryl methyl sites for hydroxylation is 1. The summed E-state index contributed by atoms with van der Waals surface area (Å²) in [5.41, 5.74) is 6.48. The van der Waals surface area contributed by atoms with Crippen molar-refractivity contribution in [2.24, 2.45) is 5.14 Å². The minimum atomic E-state index is -3.83. The highest BCUT2D eigenvalue weighted by molar-refractivity contribution is 7.99. The van der Waals surface area contributed by atoms with Gasteiger partial charge in [0.25, 0.3) is 5.22 Å². The van der Waals surface area contributed by atoms with Crippen LogP contribution in [-0.4, -0.2) is 18.6 Å². The van der Waals surface area contributed by atoms with Crippen molar-refractivity contribution < 1.29 is 12.8 Å². The molecule has 0 saturated heterocycles. The first-order chi connectivity index (χ1) is 8.77. The summed E-state index contributed by atoms with van der Waals surface area (Å²) in [5, 5.41) is 13.0. The number of nitrogen functional groups attached to an aromatic ring is 1. The number of nitrogens with two attached hydrogens (primary N) is 2. The van der Waals surface area contributed by atoms with Crippen LogP contribution in [0.1, 0.15) is 11.5 Å². The second-order valence-corrected chi connectivity index (χ2v) is 6.40. The molecule has 0 aliphatic carbocycles. The van der Waals surface area contributed by atoms with E-state index in [4.69, 9.17) is 15.3 Å². The van der Waals surface area contributed by atoms with Gasteiger partial charge in [-0.05, 0) is 36.4 Å². The van der Waals surface area contributed by atoms with E-state index >= 15 is 0 Å². The lowest BCUT2D eigenvalue weighted by molar-refractivity contribution is 0.429. The summed E-state index contributed by atoms with van der Waals surface area (Å²) in [6.07, 6.45) is 0. The molecule has 7 nitrogen and oxygen atoms in total. The van der Waals surface area contributed by atoms with Gasteiger partial charge in [-0.2, -0.15) is 0 Å². The molecule has 0 aliphatic heterocycles. The molecule has 0 spiro atoms. The van der Waals surface area contributed by atoms with Gasteiger partial charge in [-0.3, -0.25) is 0 Å². The predicted octanol–water partition coefficient (Wildman–Crippen LogP) is 1.07. The first-order valence-corrected chi connectivity index (χ1v) is 7.54. The van der Waals surface area contributed by atoms with E-state index in [-0.39, 0.29) is 4.90 Å². The first kappa shape index (κ1) is 13.8. The van der Waals surface area contributed by atoms with Crippen molar-refractivity contribution in [3.8, 4) is 0 Å². The molecule has 0 amide bonds. The van der Waals surface area contributed by atoms with E-state index in [9.17, 15) is 8.42 Å². The molecule has 0 atom stereocenters. The average molecular weight is 300 g/mol. The zero-order valence-corrected chi connectivity index (χ0v) is 11.9. The Kier molecular flexibility index (Phi) is 3.52. The molecule has 0 saturated carbocycles. The molecule has 0 aliphatic rings. The second kappa shape index (κ2) is 4.83. The minimum Gasteiger partial charge on any atom is -0.416 e. The van der Waals surface area contributed by atoms with Gasteiger partial charge in [-0.15, -0.1) is 10.2 Å². The third-order valence-corrected chi connectivity index (χ3v) is 4.37. The van der Waals surface area contributed by atoms with Crippen LogP contribution in [0.3, 0.4) is 0 Å². The average Bonchev–Trinajstić information content (AvgIpc) is 2.67. The maximum absolute atomic E-state index is 11.5. The van der Waals surface area contributed by atoms with Crippen molar-refractivity contribution in [3.05, 3.63) is 23.6 Å². The first-order valence-electron chi connectivity index (χ1n) is 5.18. The molecule has 0 unspecified atom stereocenters. The molecular formula is C10H12N4O3S2. The van der Waals surface area contributed by atoms with E-state index in [1.807, 2.05) is 0 Å². The summed E-state index contributed by atoms with van der Waals surface area (Å²) < 4.78 is 28.2. The molecule has 1 heterocycles. The monoisotopic (exact) mass is 300 g/mol. The zero-order chi connectivity index (χ0) is 14.2. The lowest BCUT2D eigenvalue weighted by atomic mass is 10.2. The molecule has 1 aromatic heterocycles. The Hall–Kier alpha value is -1.58. The number of anilines is 1. The molecular weight excluding hydrogens is 288 g/mol. The fourth-order valence-corrected chi connectivity index (χ4v) is 3.29. The summed E-state index contributed by atoms with van der Waals surface area (Å²) >= 11 is 1.14. The van der Waals surface area contributed by atoms with Gasteiger partial charge in [-0.25, -0.2) is 13.6 Å². The number of hydrogen-bond acceptors (Lipinski definition) is 7. The lowest BCUT2D eigenvalue weighted by Crippen LogP contribution is -2.14. The van der Waals surface area contributed by atoms with Crippen molar-refractivity contribution in [1.82, 2.24) is 10.2 Å². The molecule has 102 valence electrons. The van der Waals surface area contributed by atoms with Crippen molar-refractivity contribution in [1.29, 1.82) is 0 Å². The molecule has 0 bridgehead atoms. The number of sulfonamides is 1. The summed E-state index contributed by atoms with van der Waals surface area (Å²) in [6.45, 7) is 3.31. The molecule has 0 fully saturated rings. The number of rotatable bonds is 3. The second-order valence-electron chi connectivity index (χ2n) is 3.88. The Bertz CT molecular complexity index is 724. The molecule has 19 heavy (non-hydrogen) atoms. The third kappa shape index (κ3) is 3.06. The Labute approximate surface area is 114 Å². The summed E-state index contributed by atoms with van der Waals surface area (Å²) in [7, 11) is -3.83. The minimum absolute atomic E-state index is 0.00811. The molecule has 2 rings (SSSR count). The quantitative estimate of drug-likeness (QED) is 0.812. The van der Waals surface area contributed by atoms with Gasteiger partial charge in [0, 0.05) is 17.5 Å². The molecule has 9 heteroatoms. The number of benzene rings is 1.